The average Bonchev–Trinajstić information content (AvgIpc) is 2.14. The minimum Gasteiger partial charge on any atom is -0.480 e. The Morgan fingerprint density at radius 1 is 1.44 bits per heavy atom. The van der Waals surface area contributed by atoms with E-state index in [1.54, 1.807) is 6.92 Å². The molecule has 7 heteroatoms. The second-order valence-electron chi connectivity index (χ2n) is 4.06. The van der Waals surface area contributed by atoms with E-state index in [1.807, 2.05) is 13.8 Å². The summed E-state index contributed by atoms with van der Waals surface area (Å²) in [4.78, 5) is 10.9. The molecule has 0 aromatic carbocycles. The highest BCUT2D eigenvalue weighted by Gasteiger charge is 2.26. The second kappa shape index (κ2) is 6.17. The summed E-state index contributed by atoms with van der Waals surface area (Å²) in [5.41, 5.74) is 0. The Hall–Kier alpha value is -0.660. The highest BCUT2D eigenvalue weighted by Crippen LogP contribution is 2.07. The normalized spacial score (nSPS) is 14.4. The maximum Gasteiger partial charge on any atom is 0.321 e. The van der Waals surface area contributed by atoms with Crippen LogP contribution in [-0.4, -0.2) is 43.4 Å². The summed E-state index contributed by atoms with van der Waals surface area (Å²) in [6, 6.07) is -1.07. The maximum atomic E-state index is 11.6. The van der Waals surface area contributed by atoms with Crippen molar-refractivity contribution in [2.45, 2.75) is 33.2 Å². The van der Waals surface area contributed by atoms with Crippen molar-refractivity contribution in [2.24, 2.45) is 5.92 Å². The molecule has 2 N–H and O–H groups in total. The van der Waals surface area contributed by atoms with E-state index >= 15 is 0 Å². The van der Waals surface area contributed by atoms with Crippen LogP contribution in [0.2, 0.25) is 0 Å². The van der Waals surface area contributed by atoms with Gasteiger partial charge in [0.25, 0.3) is 10.2 Å². The summed E-state index contributed by atoms with van der Waals surface area (Å²) < 4.78 is 26.5. The van der Waals surface area contributed by atoms with Gasteiger partial charge in [-0.2, -0.15) is 17.4 Å². The van der Waals surface area contributed by atoms with Gasteiger partial charge in [0, 0.05) is 13.6 Å². The summed E-state index contributed by atoms with van der Waals surface area (Å²) in [7, 11) is -2.30. The van der Waals surface area contributed by atoms with E-state index < -0.39 is 22.2 Å². The highest BCUT2D eigenvalue weighted by atomic mass is 32.2. The van der Waals surface area contributed by atoms with Gasteiger partial charge < -0.3 is 5.11 Å². The summed E-state index contributed by atoms with van der Waals surface area (Å²) in [5.74, 6) is -1.04. The standard InChI is InChI=1S/C9H20N2O4S/c1-5-11(4)16(14,15)10-8(9(12)13)6-7(2)3/h7-8,10H,5-6H2,1-4H3,(H,12,13)/t8-/m0/s1. The van der Waals surface area contributed by atoms with Crippen LogP contribution in [0.1, 0.15) is 27.2 Å². The molecule has 6 nitrogen and oxygen atoms in total. The summed E-state index contributed by atoms with van der Waals surface area (Å²) in [6.45, 7) is 5.66. The van der Waals surface area contributed by atoms with Gasteiger partial charge in [-0.3, -0.25) is 4.79 Å². The lowest BCUT2D eigenvalue weighted by molar-refractivity contribution is -0.139. The van der Waals surface area contributed by atoms with Crippen LogP contribution in [0.15, 0.2) is 0 Å². The minimum atomic E-state index is -3.70. The first-order valence-corrected chi connectivity index (χ1v) is 6.61. The average molecular weight is 252 g/mol. The SMILES string of the molecule is CCN(C)S(=O)(=O)N[C@@H](CC(C)C)C(=O)O. The van der Waals surface area contributed by atoms with E-state index in [2.05, 4.69) is 4.72 Å². The number of hydrogen-bond donors (Lipinski definition) is 2. The maximum absolute atomic E-state index is 11.6. The Balaban J connectivity index is 4.69. The molecule has 0 unspecified atom stereocenters. The molecule has 0 saturated heterocycles. The van der Waals surface area contributed by atoms with Crippen molar-refractivity contribution < 1.29 is 18.3 Å². The number of rotatable bonds is 7. The van der Waals surface area contributed by atoms with Gasteiger partial charge in [0.2, 0.25) is 0 Å². The van der Waals surface area contributed by atoms with E-state index in [9.17, 15) is 13.2 Å². The predicted octanol–water partition coefficient (Wildman–Crippen LogP) is 0.272. The third kappa shape index (κ3) is 4.91. The van der Waals surface area contributed by atoms with Gasteiger partial charge in [-0.15, -0.1) is 0 Å². The van der Waals surface area contributed by atoms with Gasteiger partial charge in [0.15, 0.2) is 0 Å². The zero-order valence-corrected chi connectivity index (χ0v) is 10.9. The molecule has 0 heterocycles. The van der Waals surface area contributed by atoms with Gasteiger partial charge in [-0.25, -0.2) is 0 Å². The van der Waals surface area contributed by atoms with Crippen molar-refractivity contribution in [3.05, 3.63) is 0 Å². The Morgan fingerprint density at radius 3 is 2.25 bits per heavy atom. The van der Waals surface area contributed by atoms with Crippen LogP contribution in [0.4, 0.5) is 0 Å². The fourth-order valence-corrected chi connectivity index (χ4v) is 2.19. The van der Waals surface area contributed by atoms with Crippen molar-refractivity contribution in [1.82, 2.24) is 9.03 Å². The molecule has 0 aliphatic rings. The monoisotopic (exact) mass is 252 g/mol. The molecule has 0 radical (unpaired) electrons. The number of aliphatic carboxylic acids is 1. The largest absolute Gasteiger partial charge is 0.480 e. The van der Waals surface area contributed by atoms with Crippen LogP contribution < -0.4 is 4.72 Å². The fraction of sp³-hybridized carbons (Fsp3) is 0.889. The van der Waals surface area contributed by atoms with Crippen LogP contribution in [0.25, 0.3) is 0 Å². The zero-order valence-electron chi connectivity index (χ0n) is 10.1. The lowest BCUT2D eigenvalue weighted by atomic mass is 10.1. The third-order valence-corrected chi connectivity index (χ3v) is 3.81. The predicted molar refractivity (Wildman–Crippen MR) is 61.2 cm³/mol. The van der Waals surface area contributed by atoms with E-state index in [0.717, 1.165) is 4.31 Å². The number of carboxylic acid groups (broad SMARTS) is 1. The van der Waals surface area contributed by atoms with Crippen molar-refractivity contribution in [3.8, 4) is 0 Å². The molecule has 0 spiro atoms. The number of carbonyl (C=O) groups is 1. The van der Waals surface area contributed by atoms with Crippen molar-refractivity contribution >= 4 is 16.2 Å². The first-order chi connectivity index (χ1) is 7.20. The van der Waals surface area contributed by atoms with Crippen molar-refractivity contribution in [2.75, 3.05) is 13.6 Å². The van der Waals surface area contributed by atoms with E-state index in [4.69, 9.17) is 5.11 Å². The molecule has 0 bridgehead atoms. The molecule has 0 aliphatic heterocycles. The lowest BCUT2D eigenvalue weighted by Crippen LogP contribution is -2.47. The van der Waals surface area contributed by atoms with Crippen LogP contribution in [0.5, 0.6) is 0 Å². The Morgan fingerprint density at radius 2 is 1.94 bits per heavy atom. The molecule has 0 aromatic heterocycles. The summed E-state index contributed by atoms with van der Waals surface area (Å²) in [5, 5.41) is 8.89. The van der Waals surface area contributed by atoms with E-state index in [1.165, 1.54) is 7.05 Å². The summed E-state index contributed by atoms with van der Waals surface area (Å²) >= 11 is 0. The lowest BCUT2D eigenvalue weighted by Gasteiger charge is -2.20. The van der Waals surface area contributed by atoms with Crippen LogP contribution >= 0.6 is 0 Å². The van der Waals surface area contributed by atoms with Gasteiger partial charge in [0.1, 0.15) is 6.04 Å². The van der Waals surface area contributed by atoms with Gasteiger partial charge in [0.05, 0.1) is 0 Å². The molecule has 96 valence electrons. The van der Waals surface area contributed by atoms with Crippen LogP contribution in [-0.2, 0) is 15.0 Å². The molecule has 0 fully saturated rings. The Kier molecular flexibility index (Phi) is 5.91. The third-order valence-electron chi connectivity index (χ3n) is 2.15. The molecule has 1 atom stereocenters. The first kappa shape index (κ1) is 15.3. The first-order valence-electron chi connectivity index (χ1n) is 5.17. The number of nitrogens with zero attached hydrogens (tertiary/aromatic N) is 1. The molecule has 0 amide bonds. The van der Waals surface area contributed by atoms with Gasteiger partial charge >= 0.3 is 5.97 Å². The highest BCUT2D eigenvalue weighted by molar-refractivity contribution is 7.87. The Bertz CT molecular complexity index is 326. The smallest absolute Gasteiger partial charge is 0.321 e. The molecule has 0 rings (SSSR count). The molecule has 0 aliphatic carbocycles. The minimum absolute atomic E-state index is 0.107. The second-order valence-corrected chi connectivity index (χ2v) is 5.87. The fourth-order valence-electron chi connectivity index (χ4n) is 1.11. The van der Waals surface area contributed by atoms with E-state index in [0.29, 0.717) is 6.54 Å². The molecular formula is C9H20N2O4S. The quantitative estimate of drug-likeness (QED) is 0.681. The topological polar surface area (TPSA) is 86.7 Å². The summed E-state index contributed by atoms with van der Waals surface area (Å²) in [6.07, 6.45) is 0.270. The van der Waals surface area contributed by atoms with Crippen molar-refractivity contribution in [1.29, 1.82) is 0 Å². The molecule has 0 saturated carbocycles. The van der Waals surface area contributed by atoms with E-state index in [-0.39, 0.29) is 12.3 Å². The zero-order chi connectivity index (χ0) is 12.9. The molecule has 16 heavy (non-hydrogen) atoms. The Labute approximate surface area is 96.8 Å². The number of carboxylic acids is 1. The van der Waals surface area contributed by atoms with Crippen LogP contribution in [0, 0.1) is 5.92 Å². The van der Waals surface area contributed by atoms with Gasteiger partial charge in [-0.1, -0.05) is 20.8 Å². The van der Waals surface area contributed by atoms with Crippen LogP contribution in [0.3, 0.4) is 0 Å². The number of nitrogens with one attached hydrogen (secondary N) is 1. The van der Waals surface area contributed by atoms with Gasteiger partial charge in [-0.05, 0) is 12.3 Å². The number of hydrogen-bond acceptors (Lipinski definition) is 3. The molecule has 0 aromatic rings. The molecular weight excluding hydrogens is 232 g/mol. The van der Waals surface area contributed by atoms with Crippen molar-refractivity contribution in [3.63, 3.8) is 0 Å².